The van der Waals surface area contributed by atoms with Gasteiger partial charge in [0.1, 0.15) is 11.1 Å². The molecule has 0 aliphatic rings. The van der Waals surface area contributed by atoms with Gasteiger partial charge in [-0.2, -0.15) is 5.26 Å². The zero-order valence-electron chi connectivity index (χ0n) is 15.9. The molecule has 0 N–H and O–H groups in total. The van der Waals surface area contributed by atoms with E-state index in [9.17, 15) is 13.7 Å². The molecule has 0 radical (unpaired) electrons. The van der Waals surface area contributed by atoms with Crippen LogP contribution in [0.4, 0.5) is 0 Å². The Labute approximate surface area is 170 Å². The summed E-state index contributed by atoms with van der Waals surface area (Å²) in [6.07, 6.45) is 0. The predicted molar refractivity (Wildman–Crippen MR) is 111 cm³/mol. The minimum absolute atomic E-state index is 0.271. The molecule has 3 aromatic rings. The standard InChI is InChI=1S/C22H20N2O2S2/c1-15-4-8-19(9-5-15)28(25,26)20-10-6-18(7-11-20)14-27-22-21(13-23)16(2)12-17(3)24-22/h4-12H,14H2,1-3H3. The summed E-state index contributed by atoms with van der Waals surface area (Å²) in [7, 11) is -3.52. The van der Waals surface area contributed by atoms with Crippen molar-refractivity contribution in [3.8, 4) is 6.07 Å². The molecule has 2 aromatic carbocycles. The topological polar surface area (TPSA) is 70.8 Å². The summed E-state index contributed by atoms with van der Waals surface area (Å²) in [5, 5.41) is 10.1. The smallest absolute Gasteiger partial charge is 0.206 e. The second-order valence-corrected chi connectivity index (χ2v) is 9.54. The zero-order valence-corrected chi connectivity index (χ0v) is 17.6. The SMILES string of the molecule is Cc1ccc(S(=O)(=O)c2ccc(CSc3nc(C)cc(C)c3C#N)cc2)cc1. The molecule has 28 heavy (non-hydrogen) atoms. The Hall–Kier alpha value is -2.62. The zero-order chi connectivity index (χ0) is 20.3. The van der Waals surface area contributed by atoms with E-state index in [0.29, 0.717) is 21.2 Å². The molecule has 6 heteroatoms. The fourth-order valence-electron chi connectivity index (χ4n) is 2.81. The van der Waals surface area contributed by atoms with Crippen molar-refractivity contribution in [3.05, 3.63) is 82.5 Å². The third-order valence-corrected chi connectivity index (χ3v) is 7.20. The molecule has 0 aliphatic carbocycles. The van der Waals surface area contributed by atoms with Crippen molar-refractivity contribution in [1.29, 1.82) is 5.26 Å². The average Bonchev–Trinajstić information content (AvgIpc) is 2.66. The molecule has 0 bridgehead atoms. The molecule has 1 heterocycles. The van der Waals surface area contributed by atoms with Crippen LogP contribution in [0.15, 0.2) is 69.4 Å². The Balaban J connectivity index is 1.79. The van der Waals surface area contributed by atoms with E-state index in [1.165, 1.54) is 11.8 Å². The highest BCUT2D eigenvalue weighted by Gasteiger charge is 2.17. The van der Waals surface area contributed by atoms with Gasteiger partial charge in [-0.1, -0.05) is 29.8 Å². The number of benzene rings is 2. The fraction of sp³-hybridized carbons (Fsp3) is 0.182. The first-order valence-electron chi connectivity index (χ1n) is 8.73. The number of hydrogen-bond acceptors (Lipinski definition) is 5. The van der Waals surface area contributed by atoms with Crippen LogP contribution in [0.2, 0.25) is 0 Å². The van der Waals surface area contributed by atoms with Crippen molar-refractivity contribution in [3.63, 3.8) is 0 Å². The predicted octanol–water partition coefficient (Wildman–Crippen LogP) is 5.00. The van der Waals surface area contributed by atoms with Gasteiger partial charge in [-0.3, -0.25) is 0 Å². The van der Waals surface area contributed by atoms with Gasteiger partial charge in [0, 0.05) is 11.4 Å². The Bertz CT molecular complexity index is 1140. The molecule has 0 amide bonds. The van der Waals surface area contributed by atoms with E-state index in [-0.39, 0.29) is 4.90 Å². The summed E-state index contributed by atoms with van der Waals surface area (Å²) in [6, 6.07) is 17.8. The van der Waals surface area contributed by atoms with Crippen LogP contribution in [0.3, 0.4) is 0 Å². The largest absolute Gasteiger partial charge is 0.245 e. The molecule has 0 aliphatic heterocycles. The number of aromatic nitrogens is 1. The summed E-state index contributed by atoms with van der Waals surface area (Å²) in [6.45, 7) is 5.73. The Morgan fingerprint density at radius 2 is 1.54 bits per heavy atom. The highest BCUT2D eigenvalue weighted by molar-refractivity contribution is 7.98. The molecule has 4 nitrogen and oxygen atoms in total. The summed E-state index contributed by atoms with van der Waals surface area (Å²) < 4.78 is 25.5. The summed E-state index contributed by atoms with van der Waals surface area (Å²) in [4.78, 5) is 5.03. The fourth-order valence-corrected chi connectivity index (χ4v) is 5.13. The monoisotopic (exact) mass is 408 g/mol. The highest BCUT2D eigenvalue weighted by Crippen LogP contribution is 2.28. The number of sulfone groups is 1. The van der Waals surface area contributed by atoms with Crippen molar-refractivity contribution >= 4 is 21.6 Å². The van der Waals surface area contributed by atoms with Crippen LogP contribution in [-0.4, -0.2) is 13.4 Å². The van der Waals surface area contributed by atoms with Gasteiger partial charge in [-0.25, -0.2) is 13.4 Å². The van der Waals surface area contributed by atoms with Gasteiger partial charge in [0.05, 0.1) is 15.4 Å². The minimum Gasteiger partial charge on any atom is -0.245 e. The van der Waals surface area contributed by atoms with Crippen LogP contribution in [-0.2, 0) is 15.6 Å². The van der Waals surface area contributed by atoms with Crippen LogP contribution >= 0.6 is 11.8 Å². The van der Waals surface area contributed by atoms with Crippen LogP contribution in [0, 0.1) is 32.1 Å². The first-order chi connectivity index (χ1) is 13.3. The van der Waals surface area contributed by atoms with Crippen LogP contribution in [0.25, 0.3) is 0 Å². The number of nitrogens with zero attached hydrogens (tertiary/aromatic N) is 2. The molecular weight excluding hydrogens is 388 g/mol. The van der Waals surface area contributed by atoms with Crippen LogP contribution < -0.4 is 0 Å². The van der Waals surface area contributed by atoms with Crippen molar-refractivity contribution in [2.45, 2.75) is 41.3 Å². The third kappa shape index (κ3) is 4.27. The van der Waals surface area contributed by atoms with Gasteiger partial charge < -0.3 is 0 Å². The van der Waals surface area contributed by atoms with Crippen LogP contribution in [0.1, 0.15) is 27.9 Å². The molecule has 0 atom stereocenters. The maximum Gasteiger partial charge on any atom is 0.206 e. The van der Waals surface area contributed by atoms with E-state index in [1.54, 1.807) is 36.4 Å². The summed E-state index contributed by atoms with van der Waals surface area (Å²) >= 11 is 1.48. The van der Waals surface area contributed by atoms with Gasteiger partial charge in [-0.05, 0) is 62.2 Å². The number of pyridine rings is 1. The van der Waals surface area contributed by atoms with Gasteiger partial charge in [-0.15, -0.1) is 11.8 Å². The second-order valence-electron chi connectivity index (χ2n) is 6.62. The lowest BCUT2D eigenvalue weighted by Gasteiger charge is -2.09. The first-order valence-corrected chi connectivity index (χ1v) is 11.2. The van der Waals surface area contributed by atoms with Crippen molar-refractivity contribution in [2.24, 2.45) is 0 Å². The van der Waals surface area contributed by atoms with Crippen molar-refractivity contribution in [1.82, 2.24) is 4.98 Å². The minimum atomic E-state index is -3.52. The van der Waals surface area contributed by atoms with E-state index < -0.39 is 9.84 Å². The maximum absolute atomic E-state index is 12.7. The van der Waals surface area contributed by atoms with Gasteiger partial charge in [0.25, 0.3) is 0 Å². The molecule has 142 valence electrons. The molecule has 0 unspecified atom stereocenters. The number of hydrogen-bond donors (Lipinski definition) is 0. The van der Waals surface area contributed by atoms with Gasteiger partial charge in [0.15, 0.2) is 0 Å². The number of aryl methyl sites for hydroxylation is 3. The number of thioether (sulfide) groups is 1. The number of rotatable bonds is 5. The number of nitriles is 1. The molecule has 0 fully saturated rings. The van der Waals surface area contributed by atoms with Crippen molar-refractivity contribution in [2.75, 3.05) is 0 Å². The van der Waals surface area contributed by atoms with E-state index in [1.807, 2.05) is 39.0 Å². The Morgan fingerprint density at radius 1 is 0.964 bits per heavy atom. The molecule has 0 saturated carbocycles. The van der Waals surface area contributed by atoms with Crippen LogP contribution in [0.5, 0.6) is 0 Å². The molecule has 3 rings (SSSR count). The van der Waals surface area contributed by atoms with Gasteiger partial charge in [0.2, 0.25) is 9.84 Å². The van der Waals surface area contributed by atoms with Crippen molar-refractivity contribution < 1.29 is 8.42 Å². The molecule has 0 spiro atoms. The summed E-state index contributed by atoms with van der Waals surface area (Å²) in [5.74, 6) is 0.607. The molecular formula is C22H20N2O2S2. The lowest BCUT2D eigenvalue weighted by molar-refractivity contribution is 0.596. The third-order valence-electron chi connectivity index (χ3n) is 4.36. The highest BCUT2D eigenvalue weighted by atomic mass is 32.2. The first kappa shape index (κ1) is 20.1. The lowest BCUT2D eigenvalue weighted by atomic mass is 10.1. The molecule has 1 aromatic heterocycles. The van der Waals surface area contributed by atoms with E-state index in [2.05, 4.69) is 11.1 Å². The normalized spacial score (nSPS) is 11.2. The van der Waals surface area contributed by atoms with Gasteiger partial charge >= 0.3 is 0 Å². The average molecular weight is 409 g/mol. The lowest BCUT2D eigenvalue weighted by Crippen LogP contribution is -2.02. The van der Waals surface area contributed by atoms with E-state index >= 15 is 0 Å². The Morgan fingerprint density at radius 3 is 2.11 bits per heavy atom. The quantitative estimate of drug-likeness (QED) is 0.555. The van der Waals surface area contributed by atoms with E-state index in [4.69, 9.17) is 0 Å². The second kappa shape index (κ2) is 8.17. The van der Waals surface area contributed by atoms with E-state index in [0.717, 1.165) is 22.4 Å². The maximum atomic E-state index is 12.7. The summed E-state index contributed by atoms with van der Waals surface area (Å²) in [5.41, 5.74) is 4.37. The molecule has 0 saturated heterocycles. The Kier molecular flexibility index (Phi) is 5.87.